The molecule has 4 heteroatoms. The first-order valence-electron chi connectivity index (χ1n) is 4.89. The van der Waals surface area contributed by atoms with Crippen LogP contribution in [0.3, 0.4) is 0 Å². The second-order valence-electron chi connectivity index (χ2n) is 3.27. The highest BCUT2D eigenvalue weighted by atomic mass is 35.5. The molecular weight excluding hydrogens is 230 g/mol. The maximum absolute atomic E-state index is 8.71. The molecule has 1 aromatic rings. The molecule has 0 spiro atoms. The van der Waals surface area contributed by atoms with Crippen LogP contribution in [0, 0.1) is 0 Å². The number of rotatable bonds is 5. The molecule has 1 rings (SSSR count). The molecule has 0 aliphatic rings. The van der Waals surface area contributed by atoms with E-state index in [0.717, 1.165) is 15.5 Å². The van der Waals surface area contributed by atoms with Crippen molar-refractivity contribution in [2.45, 2.75) is 17.9 Å². The van der Waals surface area contributed by atoms with Gasteiger partial charge in [-0.1, -0.05) is 17.7 Å². The molecule has 1 unspecified atom stereocenters. The summed E-state index contributed by atoms with van der Waals surface area (Å²) in [4.78, 5) is 1.10. The zero-order chi connectivity index (χ0) is 11.3. The van der Waals surface area contributed by atoms with Crippen molar-refractivity contribution in [3.8, 4) is 0 Å². The van der Waals surface area contributed by atoms with Crippen molar-refractivity contribution >= 4 is 23.4 Å². The van der Waals surface area contributed by atoms with Gasteiger partial charge in [0.05, 0.1) is 6.61 Å². The molecule has 0 radical (unpaired) electrons. The molecule has 0 amide bonds. The summed E-state index contributed by atoms with van der Waals surface area (Å²) < 4.78 is 0. The Kier molecular flexibility index (Phi) is 5.47. The van der Waals surface area contributed by atoms with Crippen LogP contribution in [0.5, 0.6) is 0 Å². The van der Waals surface area contributed by atoms with Crippen molar-refractivity contribution in [2.24, 2.45) is 0 Å². The van der Waals surface area contributed by atoms with E-state index in [9.17, 15) is 0 Å². The topological polar surface area (TPSA) is 32.3 Å². The van der Waals surface area contributed by atoms with Crippen molar-refractivity contribution in [2.75, 3.05) is 19.4 Å². The van der Waals surface area contributed by atoms with Crippen LogP contribution < -0.4 is 5.32 Å². The molecule has 0 aliphatic carbocycles. The fourth-order valence-corrected chi connectivity index (χ4v) is 2.37. The lowest BCUT2D eigenvalue weighted by Crippen LogP contribution is -2.12. The van der Waals surface area contributed by atoms with E-state index in [1.807, 2.05) is 25.2 Å². The molecule has 0 fully saturated rings. The van der Waals surface area contributed by atoms with Gasteiger partial charge in [0.15, 0.2) is 0 Å². The average Bonchev–Trinajstić information content (AvgIpc) is 2.25. The highest BCUT2D eigenvalue weighted by Crippen LogP contribution is 2.28. The third kappa shape index (κ3) is 3.68. The summed E-state index contributed by atoms with van der Waals surface area (Å²) in [5.74, 6) is 0.706. The minimum Gasteiger partial charge on any atom is -0.396 e. The number of halogens is 1. The molecule has 84 valence electrons. The summed E-state index contributed by atoms with van der Waals surface area (Å²) in [6.07, 6.45) is 0. The standard InChI is InChI=1S/C11H16ClNOS/c1-8(13-2)10-4-3-9(7-11(10)12)15-6-5-14/h3-4,7-8,13-14H,5-6H2,1-2H3. The number of hydrogen-bond donors (Lipinski definition) is 2. The molecule has 0 saturated carbocycles. The van der Waals surface area contributed by atoms with Gasteiger partial charge in [-0.2, -0.15) is 0 Å². The normalized spacial score (nSPS) is 12.8. The highest BCUT2D eigenvalue weighted by Gasteiger charge is 2.07. The van der Waals surface area contributed by atoms with Gasteiger partial charge in [-0.3, -0.25) is 0 Å². The lowest BCUT2D eigenvalue weighted by molar-refractivity contribution is 0.322. The van der Waals surface area contributed by atoms with Crippen molar-refractivity contribution in [1.82, 2.24) is 5.32 Å². The Morgan fingerprint density at radius 1 is 1.53 bits per heavy atom. The number of nitrogens with one attached hydrogen (secondary N) is 1. The number of aliphatic hydroxyl groups is 1. The van der Waals surface area contributed by atoms with E-state index >= 15 is 0 Å². The minimum absolute atomic E-state index is 0.191. The first-order valence-corrected chi connectivity index (χ1v) is 6.25. The first-order chi connectivity index (χ1) is 7.19. The van der Waals surface area contributed by atoms with Crippen LogP contribution in [0.4, 0.5) is 0 Å². The van der Waals surface area contributed by atoms with Crippen molar-refractivity contribution in [1.29, 1.82) is 0 Å². The average molecular weight is 246 g/mol. The van der Waals surface area contributed by atoms with E-state index in [1.165, 1.54) is 0 Å². The summed E-state index contributed by atoms with van der Waals surface area (Å²) in [5, 5.41) is 12.6. The maximum atomic E-state index is 8.71. The van der Waals surface area contributed by atoms with Crippen molar-refractivity contribution < 1.29 is 5.11 Å². The third-order valence-electron chi connectivity index (χ3n) is 2.23. The highest BCUT2D eigenvalue weighted by molar-refractivity contribution is 7.99. The Hall–Kier alpha value is -0.220. The molecule has 0 aromatic heterocycles. The molecule has 2 nitrogen and oxygen atoms in total. The van der Waals surface area contributed by atoms with Crippen LogP contribution in [0.2, 0.25) is 5.02 Å². The number of hydrogen-bond acceptors (Lipinski definition) is 3. The van der Waals surface area contributed by atoms with E-state index in [0.29, 0.717) is 5.75 Å². The number of aliphatic hydroxyl groups excluding tert-OH is 1. The van der Waals surface area contributed by atoms with Gasteiger partial charge in [-0.25, -0.2) is 0 Å². The van der Waals surface area contributed by atoms with Crippen LogP contribution in [0.15, 0.2) is 23.1 Å². The Bertz CT molecular complexity index is 319. The van der Waals surface area contributed by atoms with Crippen LogP contribution in [0.25, 0.3) is 0 Å². The Morgan fingerprint density at radius 2 is 2.27 bits per heavy atom. The summed E-state index contributed by atoms with van der Waals surface area (Å²) in [7, 11) is 1.91. The summed E-state index contributed by atoms with van der Waals surface area (Å²) >= 11 is 7.77. The van der Waals surface area contributed by atoms with Crippen LogP contribution in [-0.4, -0.2) is 24.5 Å². The third-order valence-corrected chi connectivity index (χ3v) is 3.53. The lowest BCUT2D eigenvalue weighted by atomic mass is 10.1. The van der Waals surface area contributed by atoms with Gasteiger partial charge in [-0.15, -0.1) is 11.8 Å². The summed E-state index contributed by atoms with van der Waals surface area (Å²) in [6, 6.07) is 6.28. The van der Waals surface area contributed by atoms with Gasteiger partial charge in [0, 0.05) is 21.7 Å². The monoisotopic (exact) mass is 245 g/mol. The largest absolute Gasteiger partial charge is 0.396 e. The molecule has 0 saturated heterocycles. The maximum Gasteiger partial charge on any atom is 0.0525 e. The molecule has 0 aliphatic heterocycles. The van der Waals surface area contributed by atoms with Crippen LogP contribution in [0.1, 0.15) is 18.5 Å². The van der Waals surface area contributed by atoms with Crippen LogP contribution >= 0.6 is 23.4 Å². The molecule has 1 atom stereocenters. The summed E-state index contributed by atoms with van der Waals surface area (Å²) in [5.41, 5.74) is 1.10. The zero-order valence-corrected chi connectivity index (χ0v) is 10.5. The Morgan fingerprint density at radius 3 is 2.80 bits per heavy atom. The second kappa shape index (κ2) is 6.38. The first kappa shape index (κ1) is 12.8. The van der Waals surface area contributed by atoms with Gasteiger partial charge in [0.2, 0.25) is 0 Å². The molecule has 2 N–H and O–H groups in total. The Labute approximate surface area is 100 Å². The van der Waals surface area contributed by atoms with Gasteiger partial charge < -0.3 is 10.4 Å². The van der Waals surface area contributed by atoms with E-state index in [2.05, 4.69) is 12.2 Å². The molecule has 15 heavy (non-hydrogen) atoms. The zero-order valence-electron chi connectivity index (χ0n) is 8.96. The molecule has 0 bridgehead atoms. The van der Waals surface area contributed by atoms with Gasteiger partial charge in [0.1, 0.15) is 0 Å². The van der Waals surface area contributed by atoms with Crippen molar-refractivity contribution in [3.63, 3.8) is 0 Å². The van der Waals surface area contributed by atoms with Gasteiger partial charge >= 0.3 is 0 Å². The minimum atomic E-state index is 0.191. The lowest BCUT2D eigenvalue weighted by Gasteiger charge is -2.13. The van der Waals surface area contributed by atoms with E-state index < -0.39 is 0 Å². The molecular formula is C11H16ClNOS. The van der Waals surface area contributed by atoms with E-state index in [1.54, 1.807) is 11.8 Å². The van der Waals surface area contributed by atoms with Gasteiger partial charge in [0.25, 0.3) is 0 Å². The van der Waals surface area contributed by atoms with E-state index in [4.69, 9.17) is 16.7 Å². The van der Waals surface area contributed by atoms with E-state index in [-0.39, 0.29) is 12.6 Å². The fourth-order valence-electron chi connectivity index (χ4n) is 1.27. The van der Waals surface area contributed by atoms with Crippen LogP contribution in [-0.2, 0) is 0 Å². The quantitative estimate of drug-likeness (QED) is 0.783. The predicted octanol–water partition coefficient (Wildman–Crippen LogP) is 2.70. The predicted molar refractivity (Wildman–Crippen MR) is 66.7 cm³/mol. The van der Waals surface area contributed by atoms with Crippen molar-refractivity contribution in [3.05, 3.63) is 28.8 Å². The Balaban J connectivity index is 2.78. The summed E-state index contributed by atoms with van der Waals surface area (Å²) in [6.45, 7) is 2.26. The number of thioether (sulfide) groups is 1. The molecule has 0 heterocycles. The SMILES string of the molecule is CNC(C)c1ccc(SCCO)cc1Cl. The number of benzene rings is 1. The molecule has 1 aromatic carbocycles. The smallest absolute Gasteiger partial charge is 0.0525 e. The van der Waals surface area contributed by atoms with Gasteiger partial charge in [-0.05, 0) is 31.7 Å². The second-order valence-corrected chi connectivity index (χ2v) is 4.84. The fraction of sp³-hybridized carbons (Fsp3) is 0.455.